The Balaban J connectivity index is -0.000000171. The van der Waals surface area contributed by atoms with Gasteiger partial charge < -0.3 is 18.9 Å². The Morgan fingerprint density at radius 3 is 0.848 bits per heavy atom. The molecule has 0 heterocycles. The number of unbranched alkanes of at least 4 members (excludes halogenated alkanes) is 2. The number of hydrogen-bond acceptors (Lipinski definition) is 4. The number of alkyl halides is 1. The van der Waals surface area contributed by atoms with Gasteiger partial charge in [0.1, 0.15) is 0 Å². The second kappa shape index (κ2) is 22.6. The van der Waals surface area contributed by atoms with Crippen LogP contribution in [0.25, 0.3) is 0 Å². The van der Waals surface area contributed by atoms with E-state index in [2.05, 4.69) is 76.2 Å². The third-order valence-electron chi connectivity index (χ3n) is 3.26. The molecule has 0 spiro atoms. The van der Waals surface area contributed by atoms with Crippen molar-refractivity contribution < 1.29 is 18.9 Å². The third kappa shape index (κ3) is 65.3. The zero-order valence-corrected chi connectivity index (χ0v) is 26.1. The van der Waals surface area contributed by atoms with Gasteiger partial charge in [-0.2, -0.15) is 0 Å². The summed E-state index contributed by atoms with van der Waals surface area (Å²) in [6, 6.07) is 0. The van der Waals surface area contributed by atoms with Crippen molar-refractivity contribution in [1.29, 1.82) is 0 Å². The summed E-state index contributed by atoms with van der Waals surface area (Å²) >= 11 is 5.38. The summed E-state index contributed by atoms with van der Waals surface area (Å²) in [6.45, 7) is 34.3. The van der Waals surface area contributed by atoms with E-state index in [-0.39, 0.29) is 22.4 Å². The molecule has 0 aliphatic carbocycles. The first kappa shape index (κ1) is 40.3. The number of hydrogen-bond donors (Lipinski definition) is 0. The first-order chi connectivity index (χ1) is 14.7. The van der Waals surface area contributed by atoms with E-state index in [1.807, 2.05) is 27.7 Å². The molecule has 0 rings (SSSR count). The van der Waals surface area contributed by atoms with E-state index in [9.17, 15) is 0 Å². The lowest BCUT2D eigenvalue weighted by atomic mass is 10.2. The van der Waals surface area contributed by atoms with Crippen LogP contribution in [0.2, 0.25) is 0 Å². The summed E-state index contributed by atoms with van der Waals surface area (Å²) in [5.41, 5.74) is 0.119. The van der Waals surface area contributed by atoms with E-state index in [4.69, 9.17) is 30.5 Å². The monoisotopic (exact) mass is 498 g/mol. The lowest BCUT2D eigenvalue weighted by Gasteiger charge is -2.18. The van der Waals surface area contributed by atoms with Crippen molar-refractivity contribution in [3.05, 3.63) is 0 Å². The van der Waals surface area contributed by atoms with Crippen LogP contribution in [-0.2, 0) is 18.9 Å². The average molecular weight is 499 g/mol. The van der Waals surface area contributed by atoms with Gasteiger partial charge in [0.15, 0.2) is 0 Å². The van der Waals surface area contributed by atoms with E-state index in [0.29, 0.717) is 12.5 Å². The highest BCUT2D eigenvalue weighted by Gasteiger charge is 2.09. The van der Waals surface area contributed by atoms with Gasteiger partial charge in [-0.15, -0.1) is 11.6 Å². The summed E-state index contributed by atoms with van der Waals surface area (Å²) in [6.07, 6.45) is 4.79. The number of ether oxygens (including phenoxy) is 4. The molecule has 0 N–H and O–H groups in total. The van der Waals surface area contributed by atoms with Crippen molar-refractivity contribution in [2.75, 3.05) is 32.3 Å². The second-order valence-electron chi connectivity index (χ2n) is 11.8. The summed E-state index contributed by atoms with van der Waals surface area (Å²) in [5, 5.41) is 0. The average Bonchev–Trinajstić information content (AvgIpc) is 2.58. The lowest BCUT2D eigenvalue weighted by molar-refractivity contribution is -0.00452. The molecule has 0 atom stereocenters. The van der Waals surface area contributed by atoms with Crippen molar-refractivity contribution >= 4 is 11.6 Å². The first-order valence-corrected chi connectivity index (χ1v) is 13.4. The van der Waals surface area contributed by atoms with Crippen LogP contribution in [0.1, 0.15) is 130 Å². The summed E-state index contributed by atoms with van der Waals surface area (Å²) in [4.78, 5) is 0. The van der Waals surface area contributed by atoms with Gasteiger partial charge in [-0.1, -0.05) is 26.7 Å². The quantitative estimate of drug-likeness (QED) is 0.234. The Morgan fingerprint density at radius 2 is 0.727 bits per heavy atom. The molecular weight excluding hydrogens is 436 g/mol. The Kier molecular flexibility index (Phi) is 27.6. The van der Waals surface area contributed by atoms with E-state index >= 15 is 0 Å². The first-order valence-electron chi connectivity index (χ1n) is 12.9. The molecule has 206 valence electrons. The molecule has 0 amide bonds. The van der Waals surface area contributed by atoms with Gasteiger partial charge in [0.25, 0.3) is 0 Å². The van der Waals surface area contributed by atoms with Gasteiger partial charge >= 0.3 is 0 Å². The zero-order valence-electron chi connectivity index (χ0n) is 25.4. The fourth-order valence-electron chi connectivity index (χ4n) is 1.82. The van der Waals surface area contributed by atoms with Crippen LogP contribution >= 0.6 is 11.6 Å². The molecular formula is C28H63ClO4. The highest BCUT2D eigenvalue weighted by Crippen LogP contribution is 2.08. The molecule has 5 heteroatoms. The highest BCUT2D eigenvalue weighted by atomic mass is 35.5. The molecule has 0 saturated carbocycles. The van der Waals surface area contributed by atoms with Crippen LogP contribution in [0, 0.1) is 0 Å². The molecule has 0 aromatic carbocycles. The van der Waals surface area contributed by atoms with E-state index in [0.717, 1.165) is 19.8 Å². The van der Waals surface area contributed by atoms with Crippen LogP contribution in [0.15, 0.2) is 0 Å². The van der Waals surface area contributed by atoms with E-state index < -0.39 is 0 Å². The Bertz CT molecular complexity index is 351. The Labute approximate surface area is 214 Å². The smallest absolute Gasteiger partial charge is 0.0608 e. The fourth-order valence-corrected chi connectivity index (χ4v) is 1.90. The fraction of sp³-hybridized carbons (Fsp3) is 1.00. The molecule has 0 unspecified atom stereocenters. The van der Waals surface area contributed by atoms with Crippen molar-refractivity contribution in [2.45, 2.75) is 152 Å². The standard InChI is InChI=1S/2C8H18O.C6H13ClO.C6H14O/c2*1-5-6-7-9-8(2,3)4;1-6(2,3)8-5-4-7;1-5-7-6(2,3)4/h2*5-7H2,1-4H3;4-5H2,1-3H3;5H2,1-4H3. The van der Waals surface area contributed by atoms with Crippen LogP contribution in [0.4, 0.5) is 0 Å². The van der Waals surface area contributed by atoms with Crippen LogP contribution in [-0.4, -0.2) is 54.7 Å². The van der Waals surface area contributed by atoms with Crippen molar-refractivity contribution in [3.63, 3.8) is 0 Å². The van der Waals surface area contributed by atoms with Crippen LogP contribution < -0.4 is 0 Å². The minimum Gasteiger partial charge on any atom is -0.376 e. The Hall–Kier alpha value is 0.130. The van der Waals surface area contributed by atoms with Gasteiger partial charge in [0.05, 0.1) is 29.0 Å². The van der Waals surface area contributed by atoms with Crippen molar-refractivity contribution in [3.8, 4) is 0 Å². The highest BCUT2D eigenvalue weighted by molar-refractivity contribution is 6.17. The Morgan fingerprint density at radius 1 is 0.455 bits per heavy atom. The van der Waals surface area contributed by atoms with Crippen molar-refractivity contribution in [1.82, 2.24) is 0 Å². The molecule has 33 heavy (non-hydrogen) atoms. The minimum absolute atomic E-state index is 0.0328. The third-order valence-corrected chi connectivity index (χ3v) is 3.41. The van der Waals surface area contributed by atoms with E-state index in [1.54, 1.807) is 0 Å². The molecule has 0 bridgehead atoms. The van der Waals surface area contributed by atoms with Crippen LogP contribution in [0.3, 0.4) is 0 Å². The van der Waals surface area contributed by atoms with Crippen LogP contribution in [0.5, 0.6) is 0 Å². The maximum atomic E-state index is 5.47. The van der Waals surface area contributed by atoms with Gasteiger partial charge in [-0.3, -0.25) is 0 Å². The molecule has 0 aromatic heterocycles. The van der Waals surface area contributed by atoms with Gasteiger partial charge in [0.2, 0.25) is 0 Å². The van der Waals surface area contributed by atoms with Gasteiger partial charge in [-0.25, -0.2) is 0 Å². The minimum atomic E-state index is -0.0328. The summed E-state index contributed by atoms with van der Waals surface area (Å²) < 4.78 is 21.4. The number of halogens is 1. The maximum absolute atomic E-state index is 5.47. The molecule has 0 aliphatic rings. The summed E-state index contributed by atoms with van der Waals surface area (Å²) in [7, 11) is 0. The number of rotatable bonds is 9. The SMILES string of the molecule is CC(C)(C)OCCCl.CCCCOC(C)(C)C.CCCCOC(C)(C)C.CCOC(C)(C)C. The lowest BCUT2D eigenvalue weighted by Crippen LogP contribution is -2.20. The molecule has 0 radical (unpaired) electrons. The molecule has 4 nitrogen and oxygen atoms in total. The van der Waals surface area contributed by atoms with Crippen molar-refractivity contribution in [2.24, 2.45) is 0 Å². The normalized spacial score (nSPS) is 12.0. The molecule has 0 saturated heterocycles. The van der Waals surface area contributed by atoms with Gasteiger partial charge in [0, 0.05) is 25.7 Å². The predicted molar refractivity (Wildman–Crippen MR) is 149 cm³/mol. The molecule has 0 aromatic rings. The molecule has 0 fully saturated rings. The van der Waals surface area contributed by atoms with Gasteiger partial charge in [-0.05, 0) is 103 Å². The molecule has 0 aliphatic heterocycles. The summed E-state index contributed by atoms with van der Waals surface area (Å²) in [5.74, 6) is 0.581. The second-order valence-corrected chi connectivity index (χ2v) is 12.2. The predicted octanol–water partition coefficient (Wildman–Crippen LogP) is 9.06. The zero-order chi connectivity index (χ0) is 27.2. The topological polar surface area (TPSA) is 36.9 Å². The largest absolute Gasteiger partial charge is 0.376 e. The maximum Gasteiger partial charge on any atom is 0.0608 e. The van der Waals surface area contributed by atoms with E-state index in [1.165, 1.54) is 25.7 Å².